The third-order valence-corrected chi connectivity index (χ3v) is 6.28. The van der Waals surface area contributed by atoms with Gasteiger partial charge >= 0.3 is 0 Å². The van der Waals surface area contributed by atoms with Crippen LogP contribution < -0.4 is 5.32 Å². The first-order chi connectivity index (χ1) is 8.91. The molecule has 0 amide bonds. The van der Waals surface area contributed by atoms with Crippen LogP contribution in [0.3, 0.4) is 0 Å². The summed E-state index contributed by atoms with van der Waals surface area (Å²) in [5.74, 6) is 0. The number of nitrogens with zero attached hydrogens (tertiary/aromatic N) is 2. The van der Waals surface area contributed by atoms with Crippen molar-refractivity contribution in [2.24, 2.45) is 0 Å². The van der Waals surface area contributed by atoms with E-state index >= 15 is 0 Å². The van der Waals surface area contributed by atoms with Crippen LogP contribution in [0.4, 0.5) is 0 Å². The Bertz CT molecular complexity index is 383. The van der Waals surface area contributed by atoms with E-state index < -0.39 is 10.2 Å². The van der Waals surface area contributed by atoms with Crippen LogP contribution in [0.15, 0.2) is 0 Å². The second-order valence-corrected chi connectivity index (χ2v) is 8.09. The number of rotatable bonds is 3. The Morgan fingerprint density at radius 1 is 1.05 bits per heavy atom. The maximum atomic E-state index is 12.7. The minimum absolute atomic E-state index is 0.194. The monoisotopic (exact) mass is 289 g/mol. The lowest BCUT2D eigenvalue weighted by atomic mass is 9.96. The van der Waals surface area contributed by atoms with E-state index in [1.807, 2.05) is 13.8 Å². The Hall–Kier alpha value is -0.170. The van der Waals surface area contributed by atoms with E-state index in [0.29, 0.717) is 13.1 Å². The largest absolute Gasteiger partial charge is 0.309 e. The lowest BCUT2D eigenvalue weighted by molar-refractivity contribution is 0.224. The van der Waals surface area contributed by atoms with Gasteiger partial charge in [0.2, 0.25) is 0 Å². The summed E-state index contributed by atoms with van der Waals surface area (Å²) in [6, 6.07) is 0.635. The zero-order valence-corrected chi connectivity index (χ0v) is 13.1. The first-order valence-electron chi connectivity index (χ1n) is 7.40. The Kier molecular flexibility index (Phi) is 4.87. The van der Waals surface area contributed by atoms with Crippen LogP contribution in [0.2, 0.25) is 0 Å². The molecule has 5 nitrogen and oxygen atoms in total. The molecule has 0 spiro atoms. The normalized spacial score (nSPS) is 31.8. The fourth-order valence-electron chi connectivity index (χ4n) is 3.28. The van der Waals surface area contributed by atoms with Gasteiger partial charge in [-0.3, -0.25) is 0 Å². The van der Waals surface area contributed by atoms with Gasteiger partial charge < -0.3 is 5.32 Å². The van der Waals surface area contributed by atoms with E-state index in [0.717, 1.165) is 25.7 Å². The van der Waals surface area contributed by atoms with E-state index in [1.165, 1.54) is 6.42 Å². The standard InChI is InChI=1S/C13H27N3O2S/c1-11-9-16(10-12(2)14-11)19(17,18)15(3)13-7-5-4-6-8-13/h11-14H,4-10H2,1-3H3. The van der Waals surface area contributed by atoms with Crippen molar-refractivity contribution in [2.75, 3.05) is 20.1 Å². The molecule has 6 heteroatoms. The van der Waals surface area contributed by atoms with Gasteiger partial charge in [0.25, 0.3) is 10.2 Å². The Balaban J connectivity index is 2.07. The van der Waals surface area contributed by atoms with Crippen molar-refractivity contribution in [3.8, 4) is 0 Å². The summed E-state index contributed by atoms with van der Waals surface area (Å²) in [4.78, 5) is 0. The van der Waals surface area contributed by atoms with Crippen molar-refractivity contribution in [1.82, 2.24) is 13.9 Å². The van der Waals surface area contributed by atoms with Crippen molar-refractivity contribution in [3.63, 3.8) is 0 Å². The van der Waals surface area contributed by atoms with Crippen LogP contribution in [-0.4, -0.2) is 55.3 Å². The highest BCUT2D eigenvalue weighted by atomic mass is 32.2. The molecule has 0 aromatic heterocycles. The van der Waals surface area contributed by atoms with Crippen LogP contribution in [0.25, 0.3) is 0 Å². The number of hydrogen-bond donors (Lipinski definition) is 1. The Morgan fingerprint density at radius 3 is 2.11 bits per heavy atom. The smallest absolute Gasteiger partial charge is 0.282 e. The molecule has 2 fully saturated rings. The quantitative estimate of drug-likeness (QED) is 0.849. The van der Waals surface area contributed by atoms with Gasteiger partial charge in [-0.15, -0.1) is 0 Å². The molecule has 1 heterocycles. The van der Waals surface area contributed by atoms with E-state index in [1.54, 1.807) is 15.7 Å². The number of hydrogen-bond acceptors (Lipinski definition) is 3. The van der Waals surface area contributed by atoms with E-state index in [-0.39, 0.29) is 18.1 Å². The predicted molar refractivity (Wildman–Crippen MR) is 77.2 cm³/mol. The third-order valence-electron chi connectivity index (χ3n) is 4.30. The van der Waals surface area contributed by atoms with Crippen LogP contribution in [0, 0.1) is 0 Å². The second-order valence-electron chi connectivity index (χ2n) is 6.10. The molecule has 1 aliphatic heterocycles. The summed E-state index contributed by atoms with van der Waals surface area (Å²) >= 11 is 0. The summed E-state index contributed by atoms with van der Waals surface area (Å²) in [5, 5.41) is 3.38. The highest BCUT2D eigenvalue weighted by Gasteiger charge is 2.36. The van der Waals surface area contributed by atoms with Gasteiger partial charge in [0.15, 0.2) is 0 Å². The Labute approximate surface area is 117 Å². The SMILES string of the molecule is CC1CN(S(=O)(=O)N(C)C2CCCCC2)CC(C)N1. The van der Waals surface area contributed by atoms with Gasteiger partial charge in [0.1, 0.15) is 0 Å². The Morgan fingerprint density at radius 2 is 1.58 bits per heavy atom. The zero-order valence-electron chi connectivity index (χ0n) is 12.3. The molecule has 2 atom stereocenters. The van der Waals surface area contributed by atoms with Crippen molar-refractivity contribution >= 4 is 10.2 Å². The van der Waals surface area contributed by atoms with Gasteiger partial charge in [0, 0.05) is 38.3 Å². The van der Waals surface area contributed by atoms with Crippen molar-refractivity contribution in [1.29, 1.82) is 0 Å². The molecular weight excluding hydrogens is 262 g/mol. The topological polar surface area (TPSA) is 52.7 Å². The van der Waals surface area contributed by atoms with Crippen LogP contribution in [0.1, 0.15) is 46.0 Å². The zero-order chi connectivity index (χ0) is 14.0. The van der Waals surface area contributed by atoms with Gasteiger partial charge in [-0.05, 0) is 26.7 Å². The van der Waals surface area contributed by atoms with Gasteiger partial charge in [-0.2, -0.15) is 17.0 Å². The minimum Gasteiger partial charge on any atom is -0.309 e. The molecule has 0 aromatic carbocycles. The second kappa shape index (κ2) is 6.08. The summed E-state index contributed by atoms with van der Waals surface area (Å²) in [5.41, 5.74) is 0. The van der Waals surface area contributed by atoms with Crippen molar-refractivity contribution < 1.29 is 8.42 Å². The molecule has 1 saturated carbocycles. The van der Waals surface area contributed by atoms with Gasteiger partial charge in [-0.1, -0.05) is 19.3 Å². The van der Waals surface area contributed by atoms with E-state index in [4.69, 9.17) is 0 Å². The minimum atomic E-state index is -3.30. The summed E-state index contributed by atoms with van der Waals surface area (Å²) in [7, 11) is -1.55. The number of nitrogens with one attached hydrogen (secondary N) is 1. The van der Waals surface area contributed by atoms with Gasteiger partial charge in [-0.25, -0.2) is 0 Å². The predicted octanol–water partition coefficient (Wildman–Crippen LogP) is 1.18. The van der Waals surface area contributed by atoms with Crippen LogP contribution in [-0.2, 0) is 10.2 Å². The van der Waals surface area contributed by atoms with Crippen molar-refractivity contribution in [3.05, 3.63) is 0 Å². The average molecular weight is 289 g/mol. The maximum Gasteiger partial charge on any atom is 0.282 e. The first-order valence-corrected chi connectivity index (χ1v) is 8.80. The van der Waals surface area contributed by atoms with E-state index in [9.17, 15) is 8.42 Å². The maximum absolute atomic E-state index is 12.7. The summed E-state index contributed by atoms with van der Waals surface area (Å²) < 4.78 is 28.7. The molecule has 2 unspecified atom stereocenters. The fraction of sp³-hybridized carbons (Fsp3) is 1.00. The lowest BCUT2D eigenvalue weighted by Gasteiger charge is -2.39. The average Bonchev–Trinajstić information content (AvgIpc) is 2.37. The fourth-order valence-corrected chi connectivity index (χ4v) is 5.06. The third kappa shape index (κ3) is 3.48. The first kappa shape index (κ1) is 15.2. The molecule has 1 aliphatic carbocycles. The number of piperazine rings is 1. The van der Waals surface area contributed by atoms with Crippen LogP contribution >= 0.6 is 0 Å². The molecule has 2 rings (SSSR count). The molecule has 112 valence electrons. The molecule has 1 N–H and O–H groups in total. The van der Waals surface area contributed by atoms with Crippen molar-refractivity contribution in [2.45, 2.75) is 64.1 Å². The molecule has 0 aromatic rings. The van der Waals surface area contributed by atoms with E-state index in [2.05, 4.69) is 5.32 Å². The molecule has 2 aliphatic rings. The lowest BCUT2D eigenvalue weighted by Crippen LogP contribution is -2.59. The molecule has 0 bridgehead atoms. The molecular formula is C13H27N3O2S. The summed E-state index contributed by atoms with van der Waals surface area (Å²) in [6.07, 6.45) is 5.56. The molecule has 0 radical (unpaired) electrons. The summed E-state index contributed by atoms with van der Waals surface area (Å²) in [6.45, 7) is 5.23. The van der Waals surface area contributed by atoms with Crippen LogP contribution in [0.5, 0.6) is 0 Å². The molecule has 1 saturated heterocycles. The van der Waals surface area contributed by atoms with Gasteiger partial charge in [0.05, 0.1) is 0 Å². The highest BCUT2D eigenvalue weighted by molar-refractivity contribution is 7.86. The molecule has 19 heavy (non-hydrogen) atoms. The highest BCUT2D eigenvalue weighted by Crippen LogP contribution is 2.25.